The highest BCUT2D eigenvalue weighted by Gasteiger charge is 2.09. The third kappa shape index (κ3) is 4.78. The van der Waals surface area contributed by atoms with E-state index in [9.17, 15) is 8.78 Å². The lowest BCUT2D eigenvalue weighted by molar-refractivity contribution is 0.0215. The van der Waals surface area contributed by atoms with E-state index in [1.165, 1.54) is 14.2 Å². The van der Waals surface area contributed by atoms with Crippen molar-refractivity contribution in [2.24, 2.45) is 0 Å². The van der Waals surface area contributed by atoms with Crippen LogP contribution in [0.2, 0.25) is 0 Å². The molecule has 0 spiro atoms. The SMILES string of the molecule is COc1cc(N)c(NCCOCC(F)F)cc1OC. The smallest absolute Gasteiger partial charge is 0.261 e. The molecule has 3 N–H and O–H groups in total. The van der Waals surface area contributed by atoms with Gasteiger partial charge in [0.15, 0.2) is 11.5 Å². The number of halogens is 2. The highest BCUT2D eigenvalue weighted by molar-refractivity contribution is 5.72. The molecular weight excluding hydrogens is 258 g/mol. The quantitative estimate of drug-likeness (QED) is 0.561. The van der Waals surface area contributed by atoms with Crippen molar-refractivity contribution in [3.63, 3.8) is 0 Å². The van der Waals surface area contributed by atoms with Crippen molar-refractivity contribution in [3.8, 4) is 11.5 Å². The number of nitrogen functional groups attached to an aromatic ring is 1. The van der Waals surface area contributed by atoms with E-state index in [4.69, 9.17) is 19.9 Å². The first-order chi connectivity index (χ1) is 9.08. The number of ether oxygens (including phenoxy) is 3. The molecule has 1 rings (SSSR count). The molecule has 0 aliphatic carbocycles. The van der Waals surface area contributed by atoms with Crippen LogP contribution in [0.15, 0.2) is 12.1 Å². The zero-order valence-electron chi connectivity index (χ0n) is 10.9. The Kier molecular flexibility index (Phi) is 6.14. The maximum Gasteiger partial charge on any atom is 0.261 e. The van der Waals surface area contributed by atoms with E-state index in [0.29, 0.717) is 29.4 Å². The van der Waals surface area contributed by atoms with Crippen LogP contribution in [0.4, 0.5) is 20.2 Å². The van der Waals surface area contributed by atoms with Gasteiger partial charge in [0, 0.05) is 18.7 Å². The molecule has 0 radical (unpaired) electrons. The summed E-state index contributed by atoms with van der Waals surface area (Å²) in [6.45, 7) is -0.0341. The van der Waals surface area contributed by atoms with Crippen LogP contribution in [0.25, 0.3) is 0 Å². The van der Waals surface area contributed by atoms with Crippen molar-refractivity contribution in [1.82, 2.24) is 0 Å². The lowest BCUT2D eigenvalue weighted by Crippen LogP contribution is -2.14. The fourth-order valence-electron chi connectivity index (χ4n) is 1.48. The molecule has 19 heavy (non-hydrogen) atoms. The summed E-state index contributed by atoms with van der Waals surface area (Å²) in [6, 6.07) is 3.31. The average Bonchev–Trinajstić information content (AvgIpc) is 2.39. The number of nitrogens with two attached hydrogens (primary N) is 1. The Balaban J connectivity index is 2.53. The van der Waals surface area contributed by atoms with Gasteiger partial charge in [-0.3, -0.25) is 0 Å². The number of nitrogens with one attached hydrogen (secondary N) is 1. The Morgan fingerprint density at radius 2 is 1.84 bits per heavy atom. The van der Waals surface area contributed by atoms with Crippen LogP contribution in [0.5, 0.6) is 11.5 Å². The van der Waals surface area contributed by atoms with Crippen LogP contribution in [-0.4, -0.2) is 40.4 Å². The van der Waals surface area contributed by atoms with E-state index in [0.717, 1.165) is 0 Å². The Hall–Kier alpha value is -1.76. The summed E-state index contributed by atoms with van der Waals surface area (Å²) in [7, 11) is 3.03. The maximum absolute atomic E-state index is 11.8. The zero-order valence-corrected chi connectivity index (χ0v) is 10.9. The van der Waals surface area contributed by atoms with Crippen molar-refractivity contribution in [3.05, 3.63) is 12.1 Å². The van der Waals surface area contributed by atoms with Crippen LogP contribution in [0.3, 0.4) is 0 Å². The first-order valence-corrected chi connectivity index (χ1v) is 5.69. The van der Waals surface area contributed by atoms with Gasteiger partial charge in [-0.15, -0.1) is 0 Å². The van der Waals surface area contributed by atoms with E-state index >= 15 is 0 Å². The number of benzene rings is 1. The number of methoxy groups -OCH3 is 2. The normalized spacial score (nSPS) is 10.6. The van der Waals surface area contributed by atoms with Gasteiger partial charge in [-0.2, -0.15) is 0 Å². The first-order valence-electron chi connectivity index (χ1n) is 5.69. The molecule has 0 aliphatic rings. The third-order valence-electron chi connectivity index (χ3n) is 2.36. The topological polar surface area (TPSA) is 65.7 Å². The monoisotopic (exact) mass is 276 g/mol. The fourth-order valence-corrected chi connectivity index (χ4v) is 1.48. The molecule has 0 unspecified atom stereocenters. The summed E-state index contributed by atoms with van der Waals surface area (Å²) >= 11 is 0. The minimum atomic E-state index is -2.45. The fraction of sp³-hybridized carbons (Fsp3) is 0.500. The molecule has 1 aromatic carbocycles. The van der Waals surface area contributed by atoms with Crippen LogP contribution in [-0.2, 0) is 4.74 Å². The molecule has 108 valence electrons. The average molecular weight is 276 g/mol. The van der Waals surface area contributed by atoms with Gasteiger partial charge in [-0.05, 0) is 0 Å². The second-order valence-corrected chi connectivity index (χ2v) is 3.69. The molecular formula is C12H18F2N2O3. The molecule has 0 saturated carbocycles. The van der Waals surface area contributed by atoms with Gasteiger partial charge in [0.25, 0.3) is 6.43 Å². The second kappa shape index (κ2) is 7.63. The van der Waals surface area contributed by atoms with Crippen molar-refractivity contribution < 1.29 is 23.0 Å². The van der Waals surface area contributed by atoms with E-state index in [1.807, 2.05) is 0 Å². The Morgan fingerprint density at radius 1 is 1.21 bits per heavy atom. The molecule has 0 bridgehead atoms. The molecule has 0 atom stereocenters. The number of rotatable bonds is 8. The molecule has 0 aliphatic heterocycles. The summed E-state index contributed by atoms with van der Waals surface area (Å²) in [6.07, 6.45) is -2.45. The number of hydrogen-bond acceptors (Lipinski definition) is 5. The highest BCUT2D eigenvalue weighted by atomic mass is 19.3. The van der Waals surface area contributed by atoms with Gasteiger partial charge in [-0.25, -0.2) is 8.78 Å². The van der Waals surface area contributed by atoms with Crippen molar-refractivity contribution >= 4 is 11.4 Å². The second-order valence-electron chi connectivity index (χ2n) is 3.69. The predicted octanol–water partition coefficient (Wildman–Crippen LogP) is 1.98. The Labute approximate surface area is 110 Å². The summed E-state index contributed by atoms with van der Waals surface area (Å²) < 4.78 is 38.7. The maximum atomic E-state index is 11.8. The van der Waals surface area contributed by atoms with Crippen molar-refractivity contribution in [1.29, 1.82) is 0 Å². The number of alkyl halides is 2. The van der Waals surface area contributed by atoms with Gasteiger partial charge in [-0.1, -0.05) is 0 Å². The molecule has 0 fully saturated rings. The summed E-state index contributed by atoms with van der Waals surface area (Å²) in [5.74, 6) is 1.06. The number of hydrogen-bond donors (Lipinski definition) is 2. The van der Waals surface area contributed by atoms with E-state index in [-0.39, 0.29) is 6.61 Å². The Morgan fingerprint density at radius 3 is 2.42 bits per heavy atom. The van der Waals surface area contributed by atoms with Crippen LogP contribution in [0, 0.1) is 0 Å². The summed E-state index contributed by atoms with van der Waals surface area (Å²) in [4.78, 5) is 0. The zero-order chi connectivity index (χ0) is 14.3. The van der Waals surface area contributed by atoms with E-state index in [1.54, 1.807) is 12.1 Å². The van der Waals surface area contributed by atoms with Crippen molar-refractivity contribution in [2.75, 3.05) is 45.0 Å². The van der Waals surface area contributed by atoms with Crippen LogP contribution in [0.1, 0.15) is 0 Å². The minimum Gasteiger partial charge on any atom is -0.493 e. The summed E-state index contributed by atoms with van der Waals surface area (Å²) in [5.41, 5.74) is 6.94. The molecule has 0 heterocycles. The van der Waals surface area contributed by atoms with Gasteiger partial charge >= 0.3 is 0 Å². The minimum absolute atomic E-state index is 0.165. The molecule has 1 aromatic rings. The predicted molar refractivity (Wildman–Crippen MR) is 69.3 cm³/mol. The molecule has 0 amide bonds. The lowest BCUT2D eigenvalue weighted by atomic mass is 10.2. The highest BCUT2D eigenvalue weighted by Crippen LogP contribution is 2.34. The molecule has 7 heteroatoms. The summed E-state index contributed by atoms with van der Waals surface area (Å²) in [5, 5.41) is 2.98. The molecule has 5 nitrogen and oxygen atoms in total. The first kappa shape index (κ1) is 15.3. The van der Waals surface area contributed by atoms with Crippen LogP contribution < -0.4 is 20.5 Å². The number of anilines is 2. The Bertz CT molecular complexity index is 403. The standard InChI is InChI=1S/C12H18F2N2O3/c1-17-10-5-8(15)9(6-11(10)18-2)16-3-4-19-7-12(13)14/h5-6,12,16H,3-4,7,15H2,1-2H3. The van der Waals surface area contributed by atoms with Gasteiger partial charge in [0.2, 0.25) is 0 Å². The van der Waals surface area contributed by atoms with Gasteiger partial charge in [0.05, 0.1) is 32.2 Å². The third-order valence-corrected chi connectivity index (χ3v) is 2.36. The largest absolute Gasteiger partial charge is 0.493 e. The molecule has 0 saturated heterocycles. The van der Waals surface area contributed by atoms with E-state index < -0.39 is 13.0 Å². The van der Waals surface area contributed by atoms with Gasteiger partial charge < -0.3 is 25.3 Å². The van der Waals surface area contributed by atoms with Gasteiger partial charge in [0.1, 0.15) is 6.61 Å². The van der Waals surface area contributed by atoms with Crippen molar-refractivity contribution in [2.45, 2.75) is 6.43 Å². The van der Waals surface area contributed by atoms with Crippen LogP contribution >= 0.6 is 0 Å². The molecule has 0 aromatic heterocycles. The lowest BCUT2D eigenvalue weighted by Gasteiger charge is -2.14. The van der Waals surface area contributed by atoms with E-state index in [2.05, 4.69) is 5.32 Å².